The zero-order valence-corrected chi connectivity index (χ0v) is 7.20. The molecule has 66 valence electrons. The van der Waals surface area contributed by atoms with Gasteiger partial charge in [-0.1, -0.05) is 6.07 Å². The monoisotopic (exact) mass is 166 g/mol. The fourth-order valence-electron chi connectivity index (χ4n) is 1.03. The van der Waals surface area contributed by atoms with Crippen molar-refractivity contribution >= 4 is 0 Å². The van der Waals surface area contributed by atoms with Gasteiger partial charge in [-0.25, -0.2) is 0 Å². The van der Waals surface area contributed by atoms with Gasteiger partial charge >= 0.3 is 0 Å². The third kappa shape index (κ3) is 2.60. The number of hydrogen-bond donors (Lipinski definition) is 2. The van der Waals surface area contributed by atoms with Crippen LogP contribution in [0.15, 0.2) is 24.4 Å². The molecule has 0 amide bonds. The fourth-order valence-corrected chi connectivity index (χ4v) is 1.03. The van der Waals surface area contributed by atoms with E-state index in [1.54, 1.807) is 6.20 Å². The summed E-state index contributed by atoms with van der Waals surface area (Å²) in [5, 5.41) is 11.9. The standard InChI is InChI=1S/C9H14N2O/c1-10-9(7-12)6-8-4-2-3-5-11-8/h2-5,9-10,12H,6-7H2,1H3/t9-/m0/s1. The quantitative estimate of drug-likeness (QED) is 0.672. The van der Waals surface area contributed by atoms with Crippen LogP contribution in [0.4, 0.5) is 0 Å². The molecular weight excluding hydrogens is 152 g/mol. The molecule has 0 saturated heterocycles. The van der Waals surface area contributed by atoms with Crippen molar-refractivity contribution in [1.29, 1.82) is 0 Å². The largest absolute Gasteiger partial charge is 0.395 e. The van der Waals surface area contributed by atoms with Crippen molar-refractivity contribution in [3.8, 4) is 0 Å². The van der Waals surface area contributed by atoms with Crippen LogP contribution in [0.25, 0.3) is 0 Å². The van der Waals surface area contributed by atoms with Gasteiger partial charge in [0, 0.05) is 24.4 Å². The van der Waals surface area contributed by atoms with Gasteiger partial charge in [-0.15, -0.1) is 0 Å². The maximum Gasteiger partial charge on any atom is 0.0588 e. The van der Waals surface area contributed by atoms with Crippen LogP contribution < -0.4 is 5.32 Å². The molecule has 0 aliphatic carbocycles. The van der Waals surface area contributed by atoms with Crippen molar-refractivity contribution in [3.05, 3.63) is 30.1 Å². The fraction of sp³-hybridized carbons (Fsp3) is 0.444. The molecule has 3 heteroatoms. The number of rotatable bonds is 4. The first-order chi connectivity index (χ1) is 5.86. The Balaban J connectivity index is 2.51. The summed E-state index contributed by atoms with van der Waals surface area (Å²) in [5.41, 5.74) is 1.01. The van der Waals surface area contributed by atoms with E-state index in [0.29, 0.717) is 0 Å². The van der Waals surface area contributed by atoms with E-state index in [1.165, 1.54) is 0 Å². The summed E-state index contributed by atoms with van der Waals surface area (Å²) in [6.07, 6.45) is 2.53. The van der Waals surface area contributed by atoms with Gasteiger partial charge < -0.3 is 10.4 Å². The van der Waals surface area contributed by atoms with Gasteiger partial charge in [0.2, 0.25) is 0 Å². The second-order valence-electron chi connectivity index (χ2n) is 2.69. The summed E-state index contributed by atoms with van der Waals surface area (Å²) < 4.78 is 0. The van der Waals surface area contributed by atoms with Crippen LogP contribution in [0.5, 0.6) is 0 Å². The second kappa shape index (κ2) is 4.85. The van der Waals surface area contributed by atoms with Crippen molar-refractivity contribution in [2.24, 2.45) is 0 Å². The Morgan fingerprint density at radius 3 is 2.92 bits per heavy atom. The van der Waals surface area contributed by atoms with Crippen molar-refractivity contribution in [1.82, 2.24) is 10.3 Å². The van der Waals surface area contributed by atoms with Crippen LogP contribution >= 0.6 is 0 Å². The predicted molar refractivity (Wildman–Crippen MR) is 47.9 cm³/mol. The molecule has 1 atom stereocenters. The molecule has 0 spiro atoms. The van der Waals surface area contributed by atoms with Gasteiger partial charge in [-0.2, -0.15) is 0 Å². The van der Waals surface area contributed by atoms with E-state index in [9.17, 15) is 0 Å². The summed E-state index contributed by atoms with van der Waals surface area (Å²) in [4.78, 5) is 4.16. The lowest BCUT2D eigenvalue weighted by atomic mass is 10.1. The topological polar surface area (TPSA) is 45.1 Å². The van der Waals surface area contributed by atoms with E-state index in [1.807, 2.05) is 25.2 Å². The van der Waals surface area contributed by atoms with Crippen molar-refractivity contribution < 1.29 is 5.11 Å². The SMILES string of the molecule is CN[C@H](CO)Cc1ccccn1. The van der Waals surface area contributed by atoms with E-state index in [4.69, 9.17) is 5.11 Å². The molecule has 0 radical (unpaired) electrons. The number of nitrogens with one attached hydrogen (secondary N) is 1. The highest BCUT2D eigenvalue weighted by molar-refractivity contribution is 5.05. The van der Waals surface area contributed by atoms with E-state index in [2.05, 4.69) is 10.3 Å². The van der Waals surface area contributed by atoms with Crippen molar-refractivity contribution in [2.45, 2.75) is 12.5 Å². The summed E-state index contributed by atoms with van der Waals surface area (Å²) in [5.74, 6) is 0. The lowest BCUT2D eigenvalue weighted by molar-refractivity contribution is 0.247. The zero-order valence-electron chi connectivity index (χ0n) is 7.20. The second-order valence-corrected chi connectivity index (χ2v) is 2.69. The van der Waals surface area contributed by atoms with Gasteiger partial charge in [0.05, 0.1) is 6.61 Å². The molecule has 0 aliphatic rings. The number of nitrogens with zero attached hydrogens (tertiary/aromatic N) is 1. The molecule has 0 saturated carbocycles. The van der Waals surface area contributed by atoms with Gasteiger partial charge in [-0.05, 0) is 19.2 Å². The highest BCUT2D eigenvalue weighted by Gasteiger charge is 2.04. The van der Waals surface area contributed by atoms with Gasteiger partial charge in [0.1, 0.15) is 0 Å². The molecular formula is C9H14N2O. The average Bonchev–Trinajstić information content (AvgIpc) is 2.16. The minimum Gasteiger partial charge on any atom is -0.395 e. The number of hydrogen-bond acceptors (Lipinski definition) is 3. The first-order valence-corrected chi connectivity index (χ1v) is 4.05. The first-order valence-electron chi connectivity index (χ1n) is 4.05. The lowest BCUT2D eigenvalue weighted by Gasteiger charge is -2.11. The molecule has 3 nitrogen and oxygen atoms in total. The Morgan fingerprint density at radius 2 is 2.42 bits per heavy atom. The molecule has 0 aliphatic heterocycles. The summed E-state index contributed by atoms with van der Waals surface area (Å²) in [7, 11) is 1.84. The smallest absolute Gasteiger partial charge is 0.0588 e. The Bertz CT molecular complexity index is 209. The van der Waals surface area contributed by atoms with Crippen LogP contribution in [0.2, 0.25) is 0 Å². The molecule has 1 aromatic rings. The predicted octanol–water partition coefficient (Wildman–Crippen LogP) is 0.204. The maximum absolute atomic E-state index is 8.90. The minimum absolute atomic E-state index is 0.111. The number of likely N-dealkylation sites (N-methyl/N-ethyl adjacent to an activating group) is 1. The molecule has 1 rings (SSSR count). The minimum atomic E-state index is 0.111. The van der Waals surface area contributed by atoms with Gasteiger partial charge in [0.15, 0.2) is 0 Å². The van der Waals surface area contributed by atoms with E-state index in [0.717, 1.165) is 12.1 Å². The number of aliphatic hydroxyl groups is 1. The molecule has 1 aromatic heterocycles. The average molecular weight is 166 g/mol. The molecule has 0 unspecified atom stereocenters. The normalized spacial score (nSPS) is 12.8. The van der Waals surface area contributed by atoms with Crippen molar-refractivity contribution in [2.75, 3.05) is 13.7 Å². The molecule has 1 heterocycles. The van der Waals surface area contributed by atoms with E-state index >= 15 is 0 Å². The Morgan fingerprint density at radius 1 is 1.58 bits per heavy atom. The Labute approximate surface area is 72.5 Å². The summed E-state index contributed by atoms with van der Waals surface area (Å²) in [6, 6.07) is 5.91. The zero-order chi connectivity index (χ0) is 8.81. The molecule has 12 heavy (non-hydrogen) atoms. The summed E-state index contributed by atoms with van der Waals surface area (Å²) >= 11 is 0. The molecule has 0 bridgehead atoms. The van der Waals surface area contributed by atoms with Crippen LogP contribution in [0.1, 0.15) is 5.69 Å². The third-order valence-electron chi connectivity index (χ3n) is 1.81. The highest BCUT2D eigenvalue weighted by atomic mass is 16.3. The lowest BCUT2D eigenvalue weighted by Crippen LogP contribution is -2.31. The molecule has 0 aromatic carbocycles. The third-order valence-corrected chi connectivity index (χ3v) is 1.81. The number of aliphatic hydroxyl groups excluding tert-OH is 1. The van der Waals surface area contributed by atoms with Gasteiger partial charge in [-0.3, -0.25) is 4.98 Å². The van der Waals surface area contributed by atoms with Gasteiger partial charge in [0.25, 0.3) is 0 Å². The Hall–Kier alpha value is -0.930. The van der Waals surface area contributed by atoms with E-state index in [-0.39, 0.29) is 12.6 Å². The van der Waals surface area contributed by atoms with Crippen LogP contribution in [-0.2, 0) is 6.42 Å². The van der Waals surface area contributed by atoms with Crippen LogP contribution in [0, 0.1) is 0 Å². The first kappa shape index (κ1) is 9.16. The van der Waals surface area contributed by atoms with Crippen LogP contribution in [-0.4, -0.2) is 29.8 Å². The Kier molecular flexibility index (Phi) is 3.70. The number of aromatic nitrogens is 1. The van der Waals surface area contributed by atoms with E-state index < -0.39 is 0 Å². The maximum atomic E-state index is 8.90. The number of pyridine rings is 1. The molecule has 0 fully saturated rings. The summed E-state index contributed by atoms with van der Waals surface area (Å²) in [6.45, 7) is 0.146. The van der Waals surface area contributed by atoms with Crippen LogP contribution in [0.3, 0.4) is 0 Å². The van der Waals surface area contributed by atoms with Crippen molar-refractivity contribution in [3.63, 3.8) is 0 Å². The molecule has 2 N–H and O–H groups in total. The highest BCUT2D eigenvalue weighted by Crippen LogP contribution is 1.97.